The van der Waals surface area contributed by atoms with Crippen LogP contribution in [0.1, 0.15) is 36.5 Å². The molecular weight excluding hydrogens is 268 g/mol. The molecular formula is C16H24N2O3. The van der Waals surface area contributed by atoms with Gasteiger partial charge in [0, 0.05) is 20.2 Å². The average molecular weight is 292 g/mol. The first-order chi connectivity index (χ1) is 10.0. The van der Waals surface area contributed by atoms with E-state index in [-0.39, 0.29) is 18.2 Å². The molecule has 1 saturated carbocycles. The molecule has 116 valence electrons. The molecule has 1 aliphatic carbocycles. The second-order valence-electron chi connectivity index (χ2n) is 5.73. The van der Waals surface area contributed by atoms with E-state index in [2.05, 4.69) is 10.6 Å². The van der Waals surface area contributed by atoms with Crippen molar-refractivity contribution in [3.63, 3.8) is 0 Å². The lowest BCUT2D eigenvalue weighted by atomic mass is 9.80. The summed E-state index contributed by atoms with van der Waals surface area (Å²) in [6.45, 7) is 2.67. The average Bonchev–Trinajstić information content (AvgIpc) is 2.44. The minimum atomic E-state index is -0.698. The van der Waals surface area contributed by atoms with E-state index < -0.39 is 6.10 Å². The van der Waals surface area contributed by atoms with Crippen molar-refractivity contribution in [2.75, 3.05) is 20.2 Å². The molecule has 0 saturated heterocycles. The van der Waals surface area contributed by atoms with Crippen LogP contribution in [0, 0.1) is 6.92 Å². The van der Waals surface area contributed by atoms with E-state index in [1.54, 1.807) is 7.11 Å². The summed E-state index contributed by atoms with van der Waals surface area (Å²) >= 11 is 0. The number of amides is 2. The Morgan fingerprint density at radius 3 is 2.76 bits per heavy atom. The molecule has 1 aromatic carbocycles. The number of nitrogens with one attached hydrogen (secondary N) is 2. The number of rotatable bonds is 6. The molecule has 21 heavy (non-hydrogen) atoms. The van der Waals surface area contributed by atoms with Crippen molar-refractivity contribution in [3.05, 3.63) is 35.4 Å². The summed E-state index contributed by atoms with van der Waals surface area (Å²) in [7, 11) is 1.68. The van der Waals surface area contributed by atoms with Crippen LogP contribution < -0.4 is 10.6 Å². The van der Waals surface area contributed by atoms with Crippen LogP contribution in [0.3, 0.4) is 0 Å². The van der Waals surface area contributed by atoms with Gasteiger partial charge in [0.15, 0.2) is 0 Å². The molecule has 3 N–H and O–H groups in total. The van der Waals surface area contributed by atoms with Gasteiger partial charge in [-0.15, -0.1) is 0 Å². The van der Waals surface area contributed by atoms with Gasteiger partial charge >= 0.3 is 6.03 Å². The number of methoxy groups -OCH3 is 1. The number of aliphatic hydroxyl groups is 1. The maximum Gasteiger partial charge on any atom is 0.314 e. The minimum absolute atomic E-state index is 0.188. The van der Waals surface area contributed by atoms with Gasteiger partial charge in [-0.3, -0.25) is 0 Å². The second kappa shape index (κ2) is 6.91. The van der Waals surface area contributed by atoms with Gasteiger partial charge in [0.2, 0.25) is 0 Å². The normalized spacial score (nSPS) is 17.7. The molecule has 1 atom stereocenters. The highest BCUT2D eigenvalue weighted by Gasteiger charge is 2.37. The fraction of sp³-hybridized carbons (Fsp3) is 0.562. The van der Waals surface area contributed by atoms with E-state index >= 15 is 0 Å². The van der Waals surface area contributed by atoms with Crippen molar-refractivity contribution < 1.29 is 14.6 Å². The predicted octanol–water partition coefficient (Wildman–Crippen LogP) is 1.90. The van der Waals surface area contributed by atoms with Crippen LogP contribution >= 0.6 is 0 Å². The Morgan fingerprint density at radius 2 is 2.19 bits per heavy atom. The molecule has 0 bridgehead atoms. The summed E-state index contributed by atoms with van der Waals surface area (Å²) in [5.74, 6) is 0. The minimum Gasteiger partial charge on any atom is -0.387 e. The Labute approximate surface area is 125 Å². The van der Waals surface area contributed by atoms with Crippen LogP contribution in [0.2, 0.25) is 0 Å². The SMILES string of the molecule is COC1(CNC(=O)NCC(O)c2cccc(C)c2)CCC1. The lowest BCUT2D eigenvalue weighted by Crippen LogP contribution is -2.51. The molecule has 0 radical (unpaired) electrons. The first kappa shape index (κ1) is 15.8. The quantitative estimate of drug-likeness (QED) is 0.750. The van der Waals surface area contributed by atoms with Gasteiger partial charge in [0.1, 0.15) is 0 Å². The van der Waals surface area contributed by atoms with Crippen molar-refractivity contribution in [3.8, 4) is 0 Å². The first-order valence-corrected chi connectivity index (χ1v) is 7.36. The lowest BCUT2D eigenvalue weighted by molar-refractivity contribution is -0.0674. The number of hydrogen-bond acceptors (Lipinski definition) is 3. The van der Waals surface area contributed by atoms with Gasteiger partial charge in [-0.1, -0.05) is 29.8 Å². The van der Waals surface area contributed by atoms with E-state index in [0.717, 1.165) is 30.4 Å². The second-order valence-corrected chi connectivity index (χ2v) is 5.73. The molecule has 5 nitrogen and oxygen atoms in total. The number of carbonyl (C=O) groups is 1. The molecule has 1 fully saturated rings. The van der Waals surface area contributed by atoms with Crippen LogP contribution in [0.5, 0.6) is 0 Å². The van der Waals surface area contributed by atoms with Gasteiger partial charge < -0.3 is 20.5 Å². The third-order valence-corrected chi connectivity index (χ3v) is 4.15. The monoisotopic (exact) mass is 292 g/mol. The fourth-order valence-corrected chi connectivity index (χ4v) is 2.51. The van der Waals surface area contributed by atoms with Crippen molar-refractivity contribution in [2.45, 2.75) is 37.9 Å². The molecule has 2 amide bonds. The molecule has 0 aromatic heterocycles. The highest BCUT2D eigenvalue weighted by molar-refractivity contribution is 5.74. The largest absolute Gasteiger partial charge is 0.387 e. The Kier molecular flexibility index (Phi) is 5.20. The number of benzene rings is 1. The smallest absolute Gasteiger partial charge is 0.314 e. The van der Waals surface area contributed by atoms with Gasteiger partial charge in [-0.2, -0.15) is 0 Å². The Balaban J connectivity index is 1.73. The molecule has 0 spiro atoms. The molecule has 0 heterocycles. The van der Waals surface area contributed by atoms with Crippen molar-refractivity contribution >= 4 is 6.03 Å². The molecule has 1 unspecified atom stereocenters. The van der Waals surface area contributed by atoms with Crippen molar-refractivity contribution in [1.82, 2.24) is 10.6 Å². The lowest BCUT2D eigenvalue weighted by Gasteiger charge is -2.40. The van der Waals surface area contributed by atoms with E-state index in [1.165, 1.54) is 0 Å². The molecule has 5 heteroatoms. The van der Waals surface area contributed by atoms with Gasteiger partial charge in [0.05, 0.1) is 11.7 Å². The highest BCUT2D eigenvalue weighted by atomic mass is 16.5. The fourth-order valence-electron chi connectivity index (χ4n) is 2.51. The van der Waals surface area contributed by atoms with Crippen LogP contribution in [-0.2, 0) is 4.74 Å². The molecule has 1 aromatic rings. The Bertz CT molecular complexity index is 481. The summed E-state index contributed by atoms with van der Waals surface area (Å²) in [6.07, 6.45) is 2.41. The van der Waals surface area contributed by atoms with E-state index in [9.17, 15) is 9.90 Å². The number of hydrogen-bond donors (Lipinski definition) is 3. The van der Waals surface area contributed by atoms with Crippen molar-refractivity contribution in [1.29, 1.82) is 0 Å². The highest BCUT2D eigenvalue weighted by Crippen LogP contribution is 2.34. The number of aryl methyl sites for hydroxylation is 1. The summed E-state index contributed by atoms with van der Waals surface area (Å²) in [5.41, 5.74) is 1.71. The topological polar surface area (TPSA) is 70.6 Å². The van der Waals surface area contributed by atoms with E-state index in [0.29, 0.717) is 6.54 Å². The van der Waals surface area contributed by atoms with Crippen LogP contribution in [0.4, 0.5) is 4.79 Å². The third kappa shape index (κ3) is 4.19. The van der Waals surface area contributed by atoms with Crippen LogP contribution in [0.25, 0.3) is 0 Å². The zero-order chi connectivity index (χ0) is 15.3. The summed E-state index contributed by atoms with van der Waals surface area (Å²) < 4.78 is 5.44. The van der Waals surface area contributed by atoms with Crippen LogP contribution in [-0.4, -0.2) is 36.9 Å². The summed E-state index contributed by atoms with van der Waals surface area (Å²) in [6, 6.07) is 7.36. The van der Waals surface area contributed by atoms with E-state index in [1.807, 2.05) is 31.2 Å². The molecule has 1 aliphatic rings. The van der Waals surface area contributed by atoms with Crippen molar-refractivity contribution in [2.24, 2.45) is 0 Å². The van der Waals surface area contributed by atoms with Gasteiger partial charge in [-0.05, 0) is 31.7 Å². The molecule has 0 aliphatic heterocycles. The Hall–Kier alpha value is -1.59. The summed E-state index contributed by atoms with van der Waals surface area (Å²) in [5, 5.41) is 15.6. The zero-order valence-electron chi connectivity index (χ0n) is 12.7. The first-order valence-electron chi connectivity index (χ1n) is 7.36. The molecule has 2 rings (SSSR count). The predicted molar refractivity (Wildman–Crippen MR) is 81.1 cm³/mol. The maximum atomic E-state index is 11.8. The zero-order valence-corrected chi connectivity index (χ0v) is 12.7. The number of aliphatic hydroxyl groups excluding tert-OH is 1. The van der Waals surface area contributed by atoms with E-state index in [4.69, 9.17) is 4.74 Å². The summed E-state index contributed by atoms with van der Waals surface area (Å²) in [4.78, 5) is 11.8. The van der Waals surface area contributed by atoms with Gasteiger partial charge in [0.25, 0.3) is 0 Å². The Morgan fingerprint density at radius 1 is 1.43 bits per heavy atom. The number of urea groups is 1. The maximum absolute atomic E-state index is 11.8. The standard InChI is InChI=1S/C16H24N2O3/c1-12-5-3-6-13(9-12)14(19)10-17-15(20)18-11-16(21-2)7-4-8-16/h3,5-6,9,14,19H,4,7-8,10-11H2,1-2H3,(H2,17,18,20). The number of ether oxygens (including phenoxy) is 1. The van der Waals surface area contributed by atoms with Gasteiger partial charge in [-0.25, -0.2) is 4.79 Å². The number of carbonyl (C=O) groups excluding carboxylic acids is 1. The van der Waals surface area contributed by atoms with Crippen LogP contribution in [0.15, 0.2) is 24.3 Å². The third-order valence-electron chi connectivity index (χ3n) is 4.15.